The Labute approximate surface area is 200 Å². The molecular weight excluding hydrogens is 462 g/mol. The smallest absolute Gasteiger partial charge is 0.230 e. The topological polar surface area (TPSA) is 89.4 Å². The molecule has 0 fully saturated rings. The molecule has 0 saturated carbocycles. The second-order valence-corrected chi connectivity index (χ2v) is 8.39. The van der Waals surface area contributed by atoms with Gasteiger partial charge in [-0.25, -0.2) is 4.98 Å². The summed E-state index contributed by atoms with van der Waals surface area (Å²) in [5.41, 5.74) is 2.55. The lowest BCUT2D eigenvalue weighted by Gasteiger charge is -2.08. The molecule has 0 atom stereocenters. The molecule has 4 aromatic rings. The predicted octanol–water partition coefficient (Wildman–Crippen LogP) is 5.42. The monoisotopic (exact) mass is 483 g/mol. The maximum Gasteiger partial charge on any atom is 0.230 e. The zero-order valence-corrected chi connectivity index (χ0v) is 19.6. The number of H-pyrrole nitrogens is 1. The third-order valence-corrected chi connectivity index (χ3v) is 6.07. The summed E-state index contributed by atoms with van der Waals surface area (Å²) in [6.45, 7) is 0.341. The van der Waals surface area contributed by atoms with Crippen molar-refractivity contribution in [1.82, 2.24) is 15.3 Å². The fourth-order valence-corrected chi connectivity index (χ4v) is 4.14. The Kier molecular flexibility index (Phi) is 7.26. The van der Waals surface area contributed by atoms with Crippen molar-refractivity contribution in [2.24, 2.45) is 0 Å². The number of nitrogens with one attached hydrogen (secondary N) is 2. The molecular formula is C24H22ClN3O4S. The molecule has 0 aliphatic rings. The highest BCUT2D eigenvalue weighted by molar-refractivity contribution is 8.00. The highest BCUT2D eigenvalue weighted by atomic mass is 35.5. The van der Waals surface area contributed by atoms with Crippen LogP contribution in [-0.2, 0) is 11.3 Å². The second kappa shape index (κ2) is 10.5. The Balaban J connectivity index is 1.58. The van der Waals surface area contributed by atoms with E-state index in [-0.39, 0.29) is 11.7 Å². The Morgan fingerprint density at radius 1 is 1.09 bits per heavy atom. The molecule has 0 spiro atoms. The number of nitrogens with zero attached hydrogens (tertiary/aromatic N) is 1. The van der Waals surface area contributed by atoms with Crippen molar-refractivity contribution in [2.75, 3.05) is 20.0 Å². The van der Waals surface area contributed by atoms with Gasteiger partial charge < -0.3 is 24.2 Å². The van der Waals surface area contributed by atoms with E-state index in [0.717, 1.165) is 16.8 Å². The van der Waals surface area contributed by atoms with Crippen molar-refractivity contribution in [3.05, 3.63) is 71.6 Å². The van der Waals surface area contributed by atoms with Gasteiger partial charge in [-0.2, -0.15) is 0 Å². The zero-order chi connectivity index (χ0) is 23.2. The molecule has 0 radical (unpaired) electrons. The lowest BCUT2D eigenvalue weighted by atomic mass is 10.1. The van der Waals surface area contributed by atoms with Crippen molar-refractivity contribution in [1.29, 1.82) is 0 Å². The number of imidazole rings is 1. The standard InChI is InChI=1S/C24H22ClN3O4S/c1-30-19-10-7-16(12-20(19)31-2)23-27-22(15-5-8-17(25)9-6-15)24(28-23)33-14-21(29)26-13-18-4-3-11-32-18/h3-12H,13-14H2,1-2H3,(H,26,29)(H,27,28). The number of carbonyl (C=O) groups is 1. The summed E-state index contributed by atoms with van der Waals surface area (Å²) in [6.07, 6.45) is 1.58. The first kappa shape index (κ1) is 22.8. The van der Waals surface area contributed by atoms with E-state index >= 15 is 0 Å². The molecule has 2 N–H and O–H groups in total. The van der Waals surface area contributed by atoms with Gasteiger partial charge in [0.25, 0.3) is 0 Å². The second-order valence-electron chi connectivity index (χ2n) is 6.99. The van der Waals surface area contributed by atoms with Crippen molar-refractivity contribution in [2.45, 2.75) is 11.6 Å². The average molecular weight is 484 g/mol. The third-order valence-electron chi connectivity index (χ3n) is 4.84. The van der Waals surface area contributed by atoms with Gasteiger partial charge >= 0.3 is 0 Å². The highest BCUT2D eigenvalue weighted by Gasteiger charge is 2.17. The third kappa shape index (κ3) is 5.53. The molecule has 2 aromatic heterocycles. The summed E-state index contributed by atoms with van der Waals surface area (Å²) in [4.78, 5) is 20.5. The SMILES string of the molecule is COc1ccc(-c2nc(SCC(=O)NCc3ccco3)c(-c3ccc(Cl)cc3)[nH]2)cc1OC. The molecule has 7 nitrogen and oxygen atoms in total. The Morgan fingerprint density at radius 2 is 1.85 bits per heavy atom. The number of thioether (sulfide) groups is 1. The van der Waals surface area contributed by atoms with Crippen LogP contribution in [0.1, 0.15) is 5.76 Å². The number of aromatic amines is 1. The number of hydrogen-bond acceptors (Lipinski definition) is 6. The number of aromatic nitrogens is 2. The van der Waals surface area contributed by atoms with Crippen LogP contribution in [0.15, 0.2) is 70.3 Å². The van der Waals surface area contributed by atoms with E-state index in [1.54, 1.807) is 26.5 Å². The molecule has 4 rings (SSSR count). The molecule has 0 aliphatic carbocycles. The molecule has 2 aromatic carbocycles. The van der Waals surface area contributed by atoms with Crippen molar-refractivity contribution in [3.63, 3.8) is 0 Å². The first-order chi connectivity index (χ1) is 16.1. The van der Waals surface area contributed by atoms with Gasteiger partial charge in [0.05, 0.1) is 38.5 Å². The summed E-state index contributed by atoms with van der Waals surface area (Å²) >= 11 is 7.41. The lowest BCUT2D eigenvalue weighted by molar-refractivity contribution is -0.118. The summed E-state index contributed by atoms with van der Waals surface area (Å²) < 4.78 is 16.0. The number of benzene rings is 2. The Morgan fingerprint density at radius 3 is 2.55 bits per heavy atom. The van der Waals surface area contributed by atoms with Gasteiger partial charge in [0.2, 0.25) is 5.91 Å². The van der Waals surface area contributed by atoms with Gasteiger partial charge in [0, 0.05) is 16.1 Å². The number of rotatable bonds is 9. The number of amides is 1. The van der Waals surface area contributed by atoms with Crippen LogP contribution in [0, 0.1) is 0 Å². The Bertz CT molecular complexity index is 1220. The zero-order valence-electron chi connectivity index (χ0n) is 18.1. The fraction of sp³-hybridized carbons (Fsp3) is 0.167. The predicted molar refractivity (Wildman–Crippen MR) is 129 cm³/mol. The van der Waals surface area contributed by atoms with Crippen LogP contribution in [0.3, 0.4) is 0 Å². The number of carbonyl (C=O) groups excluding carboxylic acids is 1. The van der Waals surface area contributed by atoms with Crippen LogP contribution in [0.25, 0.3) is 22.6 Å². The van der Waals surface area contributed by atoms with Crippen molar-refractivity contribution in [3.8, 4) is 34.1 Å². The number of ether oxygens (including phenoxy) is 2. The van der Waals surface area contributed by atoms with E-state index in [1.165, 1.54) is 11.8 Å². The van der Waals surface area contributed by atoms with Crippen LogP contribution in [0.2, 0.25) is 5.02 Å². The number of methoxy groups -OCH3 is 2. The van der Waals surface area contributed by atoms with E-state index in [0.29, 0.717) is 39.7 Å². The highest BCUT2D eigenvalue weighted by Crippen LogP contribution is 2.36. The fourth-order valence-electron chi connectivity index (χ4n) is 3.18. The minimum atomic E-state index is -0.117. The minimum Gasteiger partial charge on any atom is -0.493 e. The van der Waals surface area contributed by atoms with Gasteiger partial charge in [-0.15, -0.1) is 0 Å². The van der Waals surface area contributed by atoms with E-state index in [9.17, 15) is 4.79 Å². The van der Waals surface area contributed by atoms with Gasteiger partial charge in [0.15, 0.2) is 11.5 Å². The lowest BCUT2D eigenvalue weighted by Crippen LogP contribution is -2.24. The van der Waals surface area contributed by atoms with Crippen molar-refractivity contribution < 1.29 is 18.7 Å². The van der Waals surface area contributed by atoms with E-state index in [4.69, 9.17) is 30.5 Å². The Hall–Kier alpha value is -3.36. The van der Waals surface area contributed by atoms with Crippen molar-refractivity contribution >= 4 is 29.3 Å². The van der Waals surface area contributed by atoms with Crippen LogP contribution >= 0.6 is 23.4 Å². The van der Waals surface area contributed by atoms with Crippen LogP contribution in [-0.4, -0.2) is 35.8 Å². The molecule has 0 aliphatic heterocycles. The maximum atomic E-state index is 12.4. The minimum absolute atomic E-state index is 0.117. The van der Waals surface area contributed by atoms with Gasteiger partial charge in [-0.1, -0.05) is 35.5 Å². The largest absolute Gasteiger partial charge is 0.493 e. The number of halogens is 1. The summed E-state index contributed by atoms with van der Waals surface area (Å²) in [7, 11) is 3.18. The number of furan rings is 1. The first-order valence-electron chi connectivity index (χ1n) is 10.1. The van der Waals surface area contributed by atoms with E-state index in [1.807, 2.05) is 48.5 Å². The maximum absolute atomic E-state index is 12.4. The first-order valence-corrected chi connectivity index (χ1v) is 11.4. The summed E-state index contributed by atoms with van der Waals surface area (Å²) in [6, 6.07) is 16.6. The molecule has 1 amide bonds. The van der Waals surface area contributed by atoms with Gasteiger partial charge in [0.1, 0.15) is 16.6 Å². The van der Waals surface area contributed by atoms with Gasteiger partial charge in [-0.05, 0) is 42.5 Å². The molecule has 0 unspecified atom stereocenters. The normalized spacial score (nSPS) is 10.8. The van der Waals surface area contributed by atoms with Gasteiger partial charge in [-0.3, -0.25) is 4.79 Å². The molecule has 0 saturated heterocycles. The molecule has 2 heterocycles. The number of hydrogen-bond donors (Lipinski definition) is 2. The summed E-state index contributed by atoms with van der Waals surface area (Å²) in [5.74, 6) is 2.68. The van der Waals surface area contributed by atoms with Crippen LogP contribution < -0.4 is 14.8 Å². The van der Waals surface area contributed by atoms with E-state index in [2.05, 4.69) is 10.3 Å². The summed E-state index contributed by atoms with van der Waals surface area (Å²) in [5, 5.41) is 4.20. The van der Waals surface area contributed by atoms with Crippen LogP contribution in [0.5, 0.6) is 11.5 Å². The van der Waals surface area contributed by atoms with E-state index < -0.39 is 0 Å². The molecule has 0 bridgehead atoms. The quantitative estimate of drug-likeness (QED) is 0.309. The molecule has 33 heavy (non-hydrogen) atoms. The van der Waals surface area contributed by atoms with Crippen LogP contribution in [0.4, 0.5) is 0 Å². The average Bonchev–Trinajstić information content (AvgIpc) is 3.51. The molecule has 170 valence electrons. The molecule has 9 heteroatoms.